The monoisotopic (exact) mass is 789 g/mol. The van der Waals surface area contributed by atoms with Gasteiger partial charge in [0, 0.05) is 81.0 Å². The van der Waals surface area contributed by atoms with Gasteiger partial charge in [0.1, 0.15) is 29.5 Å². The van der Waals surface area contributed by atoms with E-state index in [0.717, 1.165) is 113 Å². The lowest BCUT2D eigenvalue weighted by molar-refractivity contribution is 0.0587. The van der Waals surface area contributed by atoms with Crippen molar-refractivity contribution in [3.63, 3.8) is 0 Å². The van der Waals surface area contributed by atoms with Crippen LogP contribution in [-0.4, -0.2) is 106 Å². The molecule has 4 heterocycles. The highest BCUT2D eigenvalue weighted by Crippen LogP contribution is 2.39. The lowest BCUT2D eigenvalue weighted by Crippen LogP contribution is -2.49. The molecule has 0 aliphatic carbocycles. The fraction of sp³-hybridized carbons (Fsp3) is 0.364. The van der Waals surface area contributed by atoms with E-state index in [0.29, 0.717) is 31.8 Å². The smallest absolute Gasteiger partial charge is 0.354 e. The lowest BCUT2D eigenvalue weighted by Gasteiger charge is -2.36. The van der Waals surface area contributed by atoms with Gasteiger partial charge in [-0.15, -0.1) is 0 Å². The highest BCUT2D eigenvalue weighted by Gasteiger charge is 2.29. The van der Waals surface area contributed by atoms with Crippen LogP contribution < -0.4 is 14.4 Å². The predicted octanol–water partition coefficient (Wildman–Crippen LogP) is 6.66. The number of aryl methyl sites for hydroxylation is 2. The summed E-state index contributed by atoms with van der Waals surface area (Å²) in [6, 6.07) is 28.9. The molecule has 1 N–H and O–H groups in total. The minimum atomic E-state index is -1.11. The molecule has 57 heavy (non-hydrogen) atoms. The molecule has 1 saturated heterocycles. The molecule has 0 radical (unpaired) electrons. The minimum Gasteiger partial charge on any atom is -0.493 e. The van der Waals surface area contributed by atoms with Crippen LogP contribution in [0.5, 0.6) is 11.5 Å². The van der Waals surface area contributed by atoms with Crippen LogP contribution >= 0.6 is 0 Å². The van der Waals surface area contributed by atoms with E-state index in [2.05, 4.69) is 75.0 Å². The summed E-state index contributed by atoms with van der Waals surface area (Å²) in [5.74, 6) is 1.28. The molecule has 1 unspecified atom stereocenters. The SMILES string of the molecule is COC(=O)c1c(CCCOc2cccc3ccccc23)c2cccc3c2n1CCCN(C)Cc1[nH]nc(COc2ccc(N4CCN(S(=O)N(C)C)CC4)cc2)c1-3. The van der Waals surface area contributed by atoms with Crippen molar-refractivity contribution in [1.82, 2.24) is 28.3 Å². The third-order valence-electron chi connectivity index (χ3n) is 11.0. The maximum absolute atomic E-state index is 13.7. The molecule has 6 aromatic rings. The molecule has 2 aliphatic rings. The number of esters is 1. The summed E-state index contributed by atoms with van der Waals surface area (Å²) in [6.07, 6.45) is 2.24. The number of H-pyrrole nitrogens is 1. The second-order valence-electron chi connectivity index (χ2n) is 15.0. The summed E-state index contributed by atoms with van der Waals surface area (Å²) in [7, 11) is 7.26. The topological polar surface area (TPSA) is 108 Å². The Kier molecular flexibility index (Phi) is 11.6. The molecule has 4 aromatic carbocycles. The van der Waals surface area contributed by atoms with Crippen LogP contribution in [0.4, 0.5) is 5.69 Å². The standard InChI is InChI=1S/C44H51N7O5S/c1-47(2)57(53)50-26-24-49(25-27-50)32-18-20-33(21-19-32)56-30-39-41-37-15-8-14-35-36(16-9-28-55-40-17-7-12-31-11-5-6-13-34(31)40)43(44(52)54-4)51(42(35)37)23-10-22-48(3)29-38(41)45-46-39/h5-8,11-15,17-21H,9-10,16,22-30H2,1-4H3,(H,45,46). The van der Waals surface area contributed by atoms with Crippen LogP contribution in [0.1, 0.15) is 40.3 Å². The first-order chi connectivity index (χ1) is 27.8. The summed E-state index contributed by atoms with van der Waals surface area (Å²) in [5.41, 5.74) is 7.52. The Morgan fingerprint density at radius 3 is 2.42 bits per heavy atom. The van der Waals surface area contributed by atoms with E-state index in [1.807, 2.05) is 54.8 Å². The Labute approximate surface area is 336 Å². The van der Waals surface area contributed by atoms with Crippen molar-refractivity contribution in [2.24, 2.45) is 0 Å². The quantitative estimate of drug-likeness (QED) is 0.108. The number of piperazine rings is 1. The number of para-hydroxylation sites is 1. The second-order valence-corrected chi connectivity index (χ2v) is 16.7. The third-order valence-corrected chi connectivity index (χ3v) is 12.5. The van der Waals surface area contributed by atoms with Crippen molar-refractivity contribution in [3.05, 3.63) is 108 Å². The van der Waals surface area contributed by atoms with Gasteiger partial charge in [-0.1, -0.05) is 54.6 Å². The molecule has 12 nitrogen and oxygen atoms in total. The van der Waals surface area contributed by atoms with E-state index >= 15 is 0 Å². The summed E-state index contributed by atoms with van der Waals surface area (Å²) >= 11 is -1.11. The number of nitrogens with one attached hydrogen (secondary N) is 1. The first kappa shape index (κ1) is 38.7. The Morgan fingerprint density at radius 2 is 1.63 bits per heavy atom. The highest BCUT2D eigenvalue weighted by molar-refractivity contribution is 7.80. The number of carbonyl (C=O) groups excluding carboxylic acids is 1. The number of methoxy groups -OCH3 is 1. The van der Waals surface area contributed by atoms with Gasteiger partial charge >= 0.3 is 5.97 Å². The number of ether oxygens (including phenoxy) is 3. The molecule has 2 aliphatic heterocycles. The lowest BCUT2D eigenvalue weighted by atomic mass is 9.97. The molecule has 2 aromatic heterocycles. The average molecular weight is 790 g/mol. The molecule has 13 heteroatoms. The molecule has 8 rings (SSSR count). The number of aromatic nitrogens is 3. The van der Waals surface area contributed by atoms with Gasteiger partial charge in [0.2, 0.25) is 0 Å². The van der Waals surface area contributed by atoms with Crippen LogP contribution in [-0.2, 0) is 42.0 Å². The van der Waals surface area contributed by atoms with Crippen molar-refractivity contribution < 1.29 is 23.2 Å². The zero-order valence-corrected chi connectivity index (χ0v) is 34.0. The van der Waals surface area contributed by atoms with Gasteiger partial charge in [0.15, 0.2) is 11.2 Å². The van der Waals surface area contributed by atoms with Gasteiger partial charge in [-0.3, -0.25) is 5.10 Å². The Hall–Kier alpha value is -5.21. The summed E-state index contributed by atoms with van der Waals surface area (Å²) in [4.78, 5) is 18.3. The Bertz CT molecular complexity index is 2380. The number of carbonyl (C=O) groups is 1. The van der Waals surface area contributed by atoms with Gasteiger partial charge in [0.25, 0.3) is 0 Å². The summed E-state index contributed by atoms with van der Waals surface area (Å²) < 4.78 is 36.6. The van der Waals surface area contributed by atoms with Gasteiger partial charge in [-0.05, 0) is 74.1 Å². The summed E-state index contributed by atoms with van der Waals surface area (Å²) in [6.45, 7) is 6.07. The van der Waals surface area contributed by atoms with Crippen molar-refractivity contribution in [1.29, 1.82) is 0 Å². The number of anilines is 1. The normalized spacial score (nSPS) is 15.8. The molecule has 0 spiro atoms. The van der Waals surface area contributed by atoms with Gasteiger partial charge in [-0.25, -0.2) is 17.6 Å². The van der Waals surface area contributed by atoms with E-state index in [9.17, 15) is 9.00 Å². The second kappa shape index (κ2) is 17.1. The van der Waals surface area contributed by atoms with Crippen LogP contribution in [0, 0.1) is 0 Å². The number of rotatable bonds is 12. The van der Waals surface area contributed by atoms with Crippen LogP contribution in [0.3, 0.4) is 0 Å². The maximum Gasteiger partial charge on any atom is 0.354 e. The van der Waals surface area contributed by atoms with Gasteiger partial charge in [-0.2, -0.15) is 5.10 Å². The van der Waals surface area contributed by atoms with E-state index < -0.39 is 11.2 Å². The number of fused-ring (bicyclic) bond motifs is 3. The van der Waals surface area contributed by atoms with E-state index in [1.54, 1.807) is 4.31 Å². The number of hydrogen-bond acceptors (Lipinski definition) is 8. The molecule has 0 amide bonds. The van der Waals surface area contributed by atoms with Crippen LogP contribution in [0.15, 0.2) is 84.9 Å². The fourth-order valence-electron chi connectivity index (χ4n) is 8.29. The van der Waals surface area contributed by atoms with E-state index in [4.69, 9.17) is 19.3 Å². The molecule has 1 atom stereocenters. The number of hydrogen-bond donors (Lipinski definition) is 1. The van der Waals surface area contributed by atoms with E-state index in [1.165, 1.54) is 7.11 Å². The third kappa shape index (κ3) is 8.02. The average Bonchev–Trinajstić information content (AvgIpc) is 3.79. The molecule has 298 valence electrons. The molecular weight excluding hydrogens is 739 g/mol. The molecular formula is C44H51N7O5S. The van der Waals surface area contributed by atoms with Crippen molar-refractivity contribution in [2.75, 3.05) is 72.5 Å². The van der Waals surface area contributed by atoms with Crippen LogP contribution in [0.2, 0.25) is 0 Å². The molecule has 0 bridgehead atoms. The van der Waals surface area contributed by atoms with Gasteiger partial charge in [0.05, 0.1) is 24.9 Å². The van der Waals surface area contributed by atoms with Crippen molar-refractivity contribution >= 4 is 44.5 Å². The highest BCUT2D eigenvalue weighted by atomic mass is 32.2. The zero-order chi connectivity index (χ0) is 39.5. The maximum atomic E-state index is 13.7. The number of nitrogens with zero attached hydrogens (tertiary/aromatic N) is 6. The number of benzene rings is 4. The first-order valence-corrected chi connectivity index (χ1v) is 20.8. The molecule has 1 fully saturated rings. The fourth-order valence-corrected chi connectivity index (χ4v) is 9.22. The van der Waals surface area contributed by atoms with Gasteiger partial charge < -0.3 is 28.6 Å². The van der Waals surface area contributed by atoms with Crippen molar-refractivity contribution in [3.8, 4) is 22.6 Å². The molecule has 0 saturated carbocycles. The zero-order valence-electron chi connectivity index (χ0n) is 33.2. The summed E-state index contributed by atoms with van der Waals surface area (Å²) in [5, 5.41) is 11.5. The van der Waals surface area contributed by atoms with Crippen LogP contribution in [0.25, 0.3) is 32.8 Å². The van der Waals surface area contributed by atoms with E-state index in [-0.39, 0.29) is 12.6 Å². The minimum absolute atomic E-state index is 0.267. The largest absolute Gasteiger partial charge is 0.493 e. The Balaban J connectivity index is 1.06. The van der Waals surface area contributed by atoms with Crippen molar-refractivity contribution in [2.45, 2.75) is 39.0 Å². The number of aromatic amines is 1. The predicted molar refractivity (Wildman–Crippen MR) is 226 cm³/mol. The Morgan fingerprint density at radius 1 is 0.877 bits per heavy atom. The first-order valence-electron chi connectivity index (χ1n) is 19.7.